The minimum absolute atomic E-state index is 0.0248. The molecule has 0 unspecified atom stereocenters. The van der Waals surface area contributed by atoms with Crippen LogP contribution in [0.15, 0.2) is 78.9 Å². The van der Waals surface area contributed by atoms with Crippen molar-refractivity contribution in [2.75, 3.05) is 24.2 Å². The fraction of sp³-hybridized carbons (Fsp3) is 0.394. The molecule has 8 nitrogen and oxygen atoms in total. The van der Waals surface area contributed by atoms with E-state index in [1.165, 1.54) is 4.90 Å². The zero-order chi connectivity index (χ0) is 31.1. The number of carbonyl (C=O) groups excluding carboxylic acids is 2. The number of hydrogen-bond acceptors (Lipinski definition) is 5. The van der Waals surface area contributed by atoms with E-state index >= 15 is 0 Å². The van der Waals surface area contributed by atoms with E-state index in [9.17, 15) is 18.0 Å². The van der Waals surface area contributed by atoms with Crippen LogP contribution in [0, 0.1) is 0 Å². The second kappa shape index (κ2) is 13.9. The molecule has 0 bridgehead atoms. The van der Waals surface area contributed by atoms with Crippen LogP contribution >= 0.6 is 0 Å². The van der Waals surface area contributed by atoms with Gasteiger partial charge in [-0.3, -0.25) is 13.9 Å². The van der Waals surface area contributed by atoms with Crippen LogP contribution in [0.1, 0.15) is 57.2 Å². The Kier molecular flexibility index (Phi) is 10.8. The standard InChI is InChI=1S/C33H43N3O5S/c1-24(2)28-18-11-12-19-29(28)36(42(7,39)40)23-31(37)35(22-26-16-13-17-27(20-26)41-6)30(32(38)34-33(3,4)5)21-25-14-9-8-10-15-25/h8-20,24,30H,21-23H2,1-7H3,(H,34,38)/t30-/m1/s1. The zero-order valence-electron chi connectivity index (χ0n) is 25.6. The molecule has 1 atom stereocenters. The van der Waals surface area contributed by atoms with Gasteiger partial charge in [0.2, 0.25) is 21.8 Å². The Morgan fingerprint density at radius 2 is 1.52 bits per heavy atom. The van der Waals surface area contributed by atoms with E-state index in [1.54, 1.807) is 25.3 Å². The lowest BCUT2D eigenvalue weighted by Gasteiger charge is -2.35. The van der Waals surface area contributed by atoms with Gasteiger partial charge in [0.1, 0.15) is 18.3 Å². The van der Waals surface area contributed by atoms with E-state index in [2.05, 4.69) is 5.32 Å². The molecule has 0 aromatic heterocycles. The van der Waals surface area contributed by atoms with Crippen LogP contribution in [0.4, 0.5) is 5.69 Å². The van der Waals surface area contributed by atoms with E-state index in [0.717, 1.165) is 27.3 Å². The highest BCUT2D eigenvalue weighted by Crippen LogP contribution is 2.29. The molecule has 3 rings (SSSR count). The number of benzene rings is 3. The smallest absolute Gasteiger partial charge is 0.244 e. The molecule has 3 aromatic carbocycles. The van der Waals surface area contributed by atoms with Crippen molar-refractivity contribution in [3.63, 3.8) is 0 Å². The molecule has 0 saturated heterocycles. The fourth-order valence-corrected chi connectivity index (χ4v) is 5.64. The molecule has 9 heteroatoms. The van der Waals surface area contributed by atoms with Gasteiger partial charge in [0.15, 0.2) is 0 Å². The molecule has 0 radical (unpaired) electrons. The Bertz CT molecular complexity index is 1470. The summed E-state index contributed by atoms with van der Waals surface area (Å²) in [5, 5.41) is 3.03. The summed E-state index contributed by atoms with van der Waals surface area (Å²) in [6, 6.07) is 23.0. The summed E-state index contributed by atoms with van der Waals surface area (Å²) in [4.78, 5) is 29.7. The quantitative estimate of drug-likeness (QED) is 0.314. The van der Waals surface area contributed by atoms with Crippen molar-refractivity contribution in [1.29, 1.82) is 0 Å². The van der Waals surface area contributed by atoms with Crippen LogP contribution < -0.4 is 14.4 Å². The molecule has 0 spiro atoms. The maximum absolute atomic E-state index is 14.3. The van der Waals surface area contributed by atoms with Gasteiger partial charge in [0.05, 0.1) is 19.1 Å². The van der Waals surface area contributed by atoms with E-state index < -0.39 is 34.1 Å². The summed E-state index contributed by atoms with van der Waals surface area (Å²) in [5.74, 6) is -0.179. The minimum Gasteiger partial charge on any atom is -0.497 e. The average molecular weight is 594 g/mol. The number of nitrogens with zero attached hydrogens (tertiary/aromatic N) is 2. The van der Waals surface area contributed by atoms with Crippen LogP contribution in [-0.2, 0) is 32.6 Å². The normalized spacial score (nSPS) is 12.5. The Balaban J connectivity index is 2.13. The molecule has 2 amide bonds. The molecule has 0 aliphatic rings. The number of amides is 2. The first-order valence-corrected chi connectivity index (χ1v) is 15.9. The molecular weight excluding hydrogens is 550 g/mol. The number of ether oxygens (including phenoxy) is 1. The number of nitrogens with one attached hydrogen (secondary N) is 1. The highest BCUT2D eigenvalue weighted by atomic mass is 32.2. The molecule has 1 N–H and O–H groups in total. The third-order valence-corrected chi connectivity index (χ3v) is 7.89. The second-order valence-corrected chi connectivity index (χ2v) is 13.7. The first-order valence-electron chi connectivity index (χ1n) is 14.0. The Hall–Kier alpha value is -3.85. The molecule has 226 valence electrons. The number of para-hydroxylation sites is 1. The topological polar surface area (TPSA) is 96.0 Å². The Labute approximate surface area is 250 Å². The first-order chi connectivity index (χ1) is 19.7. The van der Waals surface area contributed by atoms with Gasteiger partial charge < -0.3 is 15.0 Å². The van der Waals surface area contributed by atoms with E-state index in [0.29, 0.717) is 11.4 Å². The summed E-state index contributed by atoms with van der Waals surface area (Å²) in [6.45, 7) is 9.22. The first kappa shape index (κ1) is 32.7. The number of sulfonamides is 1. The molecule has 0 aliphatic heterocycles. The fourth-order valence-electron chi connectivity index (χ4n) is 4.77. The van der Waals surface area contributed by atoms with Crippen molar-refractivity contribution in [1.82, 2.24) is 10.2 Å². The largest absolute Gasteiger partial charge is 0.497 e. The second-order valence-electron chi connectivity index (χ2n) is 11.8. The predicted octanol–water partition coefficient (Wildman–Crippen LogP) is 5.14. The Morgan fingerprint density at radius 3 is 2.12 bits per heavy atom. The summed E-state index contributed by atoms with van der Waals surface area (Å²) < 4.78 is 32.8. The molecule has 0 aliphatic carbocycles. The van der Waals surface area contributed by atoms with Crippen LogP contribution in [0.5, 0.6) is 5.75 Å². The van der Waals surface area contributed by atoms with Gasteiger partial charge in [-0.05, 0) is 61.6 Å². The minimum atomic E-state index is -3.85. The lowest BCUT2D eigenvalue weighted by molar-refractivity contribution is -0.140. The maximum Gasteiger partial charge on any atom is 0.244 e. The van der Waals surface area contributed by atoms with E-state index in [4.69, 9.17) is 4.74 Å². The summed E-state index contributed by atoms with van der Waals surface area (Å²) in [7, 11) is -2.29. The number of hydrogen-bond donors (Lipinski definition) is 1. The number of anilines is 1. The van der Waals surface area contributed by atoms with Crippen LogP contribution in [-0.4, -0.2) is 56.6 Å². The van der Waals surface area contributed by atoms with Crippen LogP contribution in [0.3, 0.4) is 0 Å². The summed E-state index contributed by atoms with van der Waals surface area (Å²) >= 11 is 0. The molecule has 0 saturated carbocycles. The van der Waals surface area contributed by atoms with Gasteiger partial charge >= 0.3 is 0 Å². The van der Waals surface area contributed by atoms with Gasteiger partial charge in [-0.25, -0.2) is 8.42 Å². The molecule has 0 fully saturated rings. The summed E-state index contributed by atoms with van der Waals surface area (Å²) in [6.07, 6.45) is 1.34. The molecule has 42 heavy (non-hydrogen) atoms. The maximum atomic E-state index is 14.3. The van der Waals surface area contributed by atoms with Crippen molar-refractivity contribution in [2.24, 2.45) is 0 Å². The SMILES string of the molecule is COc1cccc(CN(C(=O)CN(c2ccccc2C(C)C)S(C)(=O)=O)[C@H](Cc2ccccc2)C(=O)NC(C)(C)C)c1. The summed E-state index contributed by atoms with van der Waals surface area (Å²) in [5.41, 5.74) is 2.33. The van der Waals surface area contributed by atoms with Gasteiger partial charge in [-0.2, -0.15) is 0 Å². The van der Waals surface area contributed by atoms with Gasteiger partial charge in [-0.15, -0.1) is 0 Å². The van der Waals surface area contributed by atoms with E-state index in [-0.39, 0.29) is 24.8 Å². The lowest BCUT2D eigenvalue weighted by atomic mass is 10.00. The van der Waals surface area contributed by atoms with Crippen molar-refractivity contribution in [3.05, 3.63) is 95.6 Å². The van der Waals surface area contributed by atoms with Gasteiger partial charge in [0, 0.05) is 18.5 Å². The van der Waals surface area contributed by atoms with Crippen molar-refractivity contribution in [2.45, 2.75) is 65.1 Å². The molecule has 0 heterocycles. The zero-order valence-corrected chi connectivity index (χ0v) is 26.4. The van der Waals surface area contributed by atoms with Crippen LogP contribution in [0.25, 0.3) is 0 Å². The number of methoxy groups -OCH3 is 1. The van der Waals surface area contributed by atoms with Gasteiger partial charge in [-0.1, -0.05) is 74.5 Å². The highest BCUT2D eigenvalue weighted by Gasteiger charge is 2.34. The lowest BCUT2D eigenvalue weighted by Crippen LogP contribution is -2.56. The van der Waals surface area contributed by atoms with Crippen LogP contribution in [0.2, 0.25) is 0 Å². The van der Waals surface area contributed by atoms with Crippen molar-refractivity contribution < 1.29 is 22.7 Å². The number of rotatable bonds is 12. The number of carbonyl (C=O) groups is 2. The van der Waals surface area contributed by atoms with Gasteiger partial charge in [0.25, 0.3) is 0 Å². The third-order valence-electron chi connectivity index (χ3n) is 6.76. The predicted molar refractivity (Wildman–Crippen MR) is 168 cm³/mol. The van der Waals surface area contributed by atoms with E-state index in [1.807, 2.05) is 95.3 Å². The van der Waals surface area contributed by atoms with Crippen molar-refractivity contribution >= 4 is 27.5 Å². The third kappa shape index (κ3) is 9.08. The monoisotopic (exact) mass is 593 g/mol. The highest BCUT2D eigenvalue weighted by molar-refractivity contribution is 7.92. The molecular formula is C33H43N3O5S. The van der Waals surface area contributed by atoms with Crippen molar-refractivity contribution in [3.8, 4) is 5.75 Å². The Morgan fingerprint density at radius 1 is 0.905 bits per heavy atom. The average Bonchev–Trinajstić information content (AvgIpc) is 2.92. The molecule has 3 aromatic rings.